The zero-order valence-electron chi connectivity index (χ0n) is 17.3. The van der Waals surface area contributed by atoms with Crippen molar-refractivity contribution in [1.82, 2.24) is 19.6 Å². The molecule has 0 spiro atoms. The molecule has 2 bridgehead atoms. The van der Waals surface area contributed by atoms with Crippen molar-refractivity contribution < 1.29 is 0 Å². The summed E-state index contributed by atoms with van der Waals surface area (Å²) < 4.78 is 0. The Labute approximate surface area is 171 Å². The van der Waals surface area contributed by atoms with Crippen LogP contribution in [0.5, 0.6) is 0 Å². The Bertz CT molecular complexity index is 621. The molecule has 2 aliphatic heterocycles. The number of benzene rings is 1. The topological polar surface area (TPSA) is 13.0 Å². The fourth-order valence-corrected chi connectivity index (χ4v) is 4.59. The van der Waals surface area contributed by atoms with Crippen molar-refractivity contribution in [3.63, 3.8) is 0 Å². The summed E-state index contributed by atoms with van der Waals surface area (Å²) in [6.07, 6.45) is 10.3. The van der Waals surface area contributed by atoms with E-state index in [1.165, 1.54) is 84.0 Å². The Morgan fingerprint density at radius 3 is 1.89 bits per heavy atom. The predicted octanol–water partition coefficient (Wildman–Crippen LogP) is 2.55. The van der Waals surface area contributed by atoms with Gasteiger partial charge in [-0.2, -0.15) is 0 Å². The van der Waals surface area contributed by atoms with E-state index < -0.39 is 0 Å². The summed E-state index contributed by atoms with van der Waals surface area (Å²) in [5.41, 5.74) is 1.44. The van der Waals surface area contributed by atoms with Gasteiger partial charge in [0.15, 0.2) is 0 Å². The molecule has 4 rings (SSSR count). The van der Waals surface area contributed by atoms with Gasteiger partial charge in [-0.3, -0.25) is 14.7 Å². The highest BCUT2D eigenvalue weighted by molar-refractivity contribution is 5.14. The minimum absolute atomic E-state index is 0.696. The average molecular weight is 381 g/mol. The quantitative estimate of drug-likeness (QED) is 0.796. The van der Waals surface area contributed by atoms with Crippen molar-refractivity contribution in [2.24, 2.45) is 5.92 Å². The van der Waals surface area contributed by atoms with E-state index in [0.29, 0.717) is 5.92 Å². The molecule has 152 valence electrons. The number of hydrogen-bond acceptors (Lipinski definition) is 4. The second-order valence-electron chi connectivity index (χ2n) is 8.55. The molecular formula is C24H36N4. The van der Waals surface area contributed by atoms with Crippen LogP contribution in [0.2, 0.25) is 0 Å². The van der Waals surface area contributed by atoms with Crippen molar-refractivity contribution in [2.75, 3.05) is 72.0 Å². The van der Waals surface area contributed by atoms with Crippen LogP contribution in [-0.2, 0) is 6.54 Å². The van der Waals surface area contributed by atoms with Crippen LogP contribution in [0.3, 0.4) is 0 Å². The third-order valence-electron chi connectivity index (χ3n) is 6.47. The van der Waals surface area contributed by atoms with E-state index in [2.05, 4.69) is 74.2 Å². The Kier molecular flexibility index (Phi) is 7.34. The van der Waals surface area contributed by atoms with E-state index in [4.69, 9.17) is 0 Å². The summed E-state index contributed by atoms with van der Waals surface area (Å²) in [4.78, 5) is 10.8. The third-order valence-corrected chi connectivity index (χ3v) is 6.47. The number of nitrogens with zero attached hydrogens (tertiary/aromatic N) is 4. The fourth-order valence-electron chi connectivity index (χ4n) is 4.59. The smallest absolute Gasteiger partial charge is 0.0234 e. The summed E-state index contributed by atoms with van der Waals surface area (Å²) in [6.45, 7) is 14.3. The van der Waals surface area contributed by atoms with Crippen LogP contribution >= 0.6 is 0 Å². The van der Waals surface area contributed by atoms with Crippen LogP contribution in [0.25, 0.3) is 0 Å². The van der Waals surface area contributed by atoms with E-state index in [-0.39, 0.29) is 0 Å². The van der Waals surface area contributed by atoms with Crippen LogP contribution in [-0.4, -0.2) is 91.6 Å². The molecule has 3 atom stereocenters. The lowest BCUT2D eigenvalue weighted by molar-refractivity contribution is 0.165. The molecule has 1 aliphatic carbocycles. The first-order chi connectivity index (χ1) is 13.8. The Hall–Kier alpha value is -1.46. The zero-order chi connectivity index (χ0) is 19.0. The summed E-state index contributed by atoms with van der Waals surface area (Å²) in [6, 6.07) is 11.0. The van der Waals surface area contributed by atoms with E-state index in [9.17, 15) is 0 Å². The summed E-state index contributed by atoms with van der Waals surface area (Å²) in [5, 5.41) is 0. The highest BCUT2D eigenvalue weighted by Gasteiger charge is 2.21. The summed E-state index contributed by atoms with van der Waals surface area (Å²) >= 11 is 0. The van der Waals surface area contributed by atoms with Crippen molar-refractivity contribution >= 4 is 0 Å². The molecule has 0 N–H and O–H groups in total. The molecule has 0 saturated carbocycles. The minimum Gasteiger partial charge on any atom is -0.300 e. The largest absolute Gasteiger partial charge is 0.300 e. The molecule has 3 unspecified atom stereocenters. The molecule has 4 nitrogen and oxygen atoms in total. The maximum atomic E-state index is 2.71. The Morgan fingerprint density at radius 1 is 0.679 bits per heavy atom. The zero-order valence-corrected chi connectivity index (χ0v) is 17.3. The van der Waals surface area contributed by atoms with E-state index in [1.807, 2.05) is 0 Å². The van der Waals surface area contributed by atoms with E-state index in [1.54, 1.807) is 0 Å². The first-order valence-corrected chi connectivity index (χ1v) is 11.1. The normalized spacial score (nSPS) is 30.1. The van der Waals surface area contributed by atoms with E-state index in [0.717, 1.165) is 6.54 Å². The van der Waals surface area contributed by atoms with Gasteiger partial charge in [0.25, 0.3) is 0 Å². The first kappa shape index (κ1) is 19.8. The predicted molar refractivity (Wildman–Crippen MR) is 117 cm³/mol. The SMILES string of the molecule is C1=CCC(CN2CCN3CCN(CCN(Cc4ccccc4)CC3)CC2)C=C1. The van der Waals surface area contributed by atoms with Gasteiger partial charge in [-0.15, -0.1) is 0 Å². The van der Waals surface area contributed by atoms with Crippen LogP contribution < -0.4 is 0 Å². The van der Waals surface area contributed by atoms with Crippen LogP contribution in [0.1, 0.15) is 12.0 Å². The van der Waals surface area contributed by atoms with Crippen molar-refractivity contribution in [3.05, 3.63) is 60.2 Å². The average Bonchev–Trinajstić information content (AvgIpc) is 2.89. The number of rotatable bonds is 4. The molecule has 2 saturated heterocycles. The van der Waals surface area contributed by atoms with Gasteiger partial charge in [0.1, 0.15) is 0 Å². The summed E-state index contributed by atoms with van der Waals surface area (Å²) in [5.74, 6) is 0.696. The standard InChI is InChI=1S/C24H36N4/c1-3-7-23(8-4-1)21-27-17-13-25-11-12-26(14-18-27)16-20-28(19-15-25)22-24-9-5-2-6-10-24/h1-9,24H,10-22H2. The molecule has 1 aromatic rings. The van der Waals surface area contributed by atoms with Gasteiger partial charge in [-0.25, -0.2) is 0 Å². The molecule has 2 heterocycles. The summed E-state index contributed by atoms with van der Waals surface area (Å²) in [7, 11) is 0. The molecular weight excluding hydrogens is 344 g/mol. The maximum Gasteiger partial charge on any atom is 0.0234 e. The van der Waals surface area contributed by atoms with Gasteiger partial charge in [-0.1, -0.05) is 54.6 Å². The Balaban J connectivity index is 1.35. The fraction of sp³-hybridized carbons (Fsp3) is 0.583. The molecule has 3 aliphatic rings. The molecule has 0 amide bonds. The van der Waals surface area contributed by atoms with Crippen LogP contribution in [0, 0.1) is 5.92 Å². The first-order valence-electron chi connectivity index (χ1n) is 11.1. The van der Waals surface area contributed by atoms with Crippen molar-refractivity contribution in [3.8, 4) is 0 Å². The van der Waals surface area contributed by atoms with Gasteiger partial charge >= 0.3 is 0 Å². The van der Waals surface area contributed by atoms with Crippen LogP contribution in [0.15, 0.2) is 54.6 Å². The van der Waals surface area contributed by atoms with Gasteiger partial charge in [0.2, 0.25) is 0 Å². The maximum absolute atomic E-state index is 2.71. The number of allylic oxidation sites excluding steroid dienone is 3. The van der Waals surface area contributed by atoms with Gasteiger partial charge in [-0.05, 0) is 17.9 Å². The van der Waals surface area contributed by atoms with Gasteiger partial charge in [0.05, 0.1) is 0 Å². The van der Waals surface area contributed by atoms with Crippen molar-refractivity contribution in [1.29, 1.82) is 0 Å². The second kappa shape index (κ2) is 10.4. The molecule has 4 heteroatoms. The van der Waals surface area contributed by atoms with Gasteiger partial charge < -0.3 is 4.90 Å². The second-order valence-corrected chi connectivity index (χ2v) is 8.55. The van der Waals surface area contributed by atoms with Crippen LogP contribution in [0.4, 0.5) is 0 Å². The highest BCUT2D eigenvalue weighted by atomic mass is 15.3. The molecule has 2 fully saturated rings. The van der Waals surface area contributed by atoms with Crippen molar-refractivity contribution in [2.45, 2.75) is 13.0 Å². The highest BCUT2D eigenvalue weighted by Crippen LogP contribution is 2.14. The lowest BCUT2D eigenvalue weighted by atomic mass is 10.0. The van der Waals surface area contributed by atoms with E-state index >= 15 is 0 Å². The molecule has 28 heavy (non-hydrogen) atoms. The Morgan fingerprint density at radius 2 is 1.29 bits per heavy atom. The lowest BCUT2D eigenvalue weighted by Crippen LogP contribution is -2.42. The minimum atomic E-state index is 0.696. The number of fused-ring (bicyclic) bond motifs is 3. The third kappa shape index (κ3) is 6.02. The molecule has 1 aromatic carbocycles. The lowest BCUT2D eigenvalue weighted by Gasteiger charge is -2.31. The number of hydrogen-bond donors (Lipinski definition) is 0. The molecule has 0 aromatic heterocycles. The molecule has 0 radical (unpaired) electrons. The monoisotopic (exact) mass is 380 g/mol. The van der Waals surface area contributed by atoms with Gasteiger partial charge in [0, 0.05) is 78.5 Å².